The Morgan fingerprint density at radius 2 is 2.10 bits per heavy atom. The van der Waals surface area contributed by atoms with Gasteiger partial charge in [-0.15, -0.1) is 22.9 Å². The van der Waals surface area contributed by atoms with Crippen LogP contribution in [-0.4, -0.2) is 22.9 Å². The molecule has 112 valence electrons. The summed E-state index contributed by atoms with van der Waals surface area (Å²) in [7, 11) is 0. The van der Waals surface area contributed by atoms with Gasteiger partial charge in [0.25, 0.3) is 0 Å². The third-order valence-corrected chi connectivity index (χ3v) is 3.54. The van der Waals surface area contributed by atoms with Crippen LogP contribution in [0.1, 0.15) is 20.3 Å². The molecule has 0 spiro atoms. The molecule has 2 rings (SSSR count). The number of hydrogen-bond donors (Lipinski definition) is 1. The van der Waals surface area contributed by atoms with Crippen molar-refractivity contribution in [2.75, 3.05) is 11.2 Å². The van der Waals surface area contributed by atoms with Gasteiger partial charge >= 0.3 is 0 Å². The monoisotopic (exact) mass is 324 g/mol. The number of amides is 1. The van der Waals surface area contributed by atoms with Crippen LogP contribution in [0.15, 0.2) is 29.6 Å². The standard InChI is InChI=1S/C15H17ClN2O2S/c1-10(2)20-12-5-3-11(4-6-12)13-9-21-15(17-13)18-14(19)7-8-16/h3-6,9-10H,7-8H2,1-2H3,(H,17,18,19). The number of aromatic nitrogens is 1. The van der Waals surface area contributed by atoms with Gasteiger partial charge in [0, 0.05) is 23.2 Å². The van der Waals surface area contributed by atoms with Crippen LogP contribution in [0.4, 0.5) is 5.13 Å². The Bertz CT molecular complexity index is 596. The maximum absolute atomic E-state index is 11.5. The number of nitrogens with one attached hydrogen (secondary N) is 1. The van der Waals surface area contributed by atoms with Gasteiger partial charge in [0.15, 0.2) is 5.13 Å². The van der Waals surface area contributed by atoms with E-state index in [0.29, 0.717) is 11.0 Å². The van der Waals surface area contributed by atoms with Crippen LogP contribution in [-0.2, 0) is 4.79 Å². The molecule has 1 amide bonds. The first-order chi connectivity index (χ1) is 10.1. The van der Waals surface area contributed by atoms with Crippen molar-refractivity contribution >= 4 is 34.0 Å². The SMILES string of the molecule is CC(C)Oc1ccc(-c2csc(NC(=O)CCCl)n2)cc1. The maximum Gasteiger partial charge on any atom is 0.227 e. The smallest absolute Gasteiger partial charge is 0.227 e. The molecular weight excluding hydrogens is 308 g/mol. The second-order valence-electron chi connectivity index (χ2n) is 4.72. The van der Waals surface area contributed by atoms with Gasteiger partial charge < -0.3 is 10.1 Å². The lowest BCUT2D eigenvalue weighted by atomic mass is 10.2. The van der Waals surface area contributed by atoms with Crippen LogP contribution in [0.5, 0.6) is 5.75 Å². The Labute approximate surface area is 133 Å². The molecule has 0 fully saturated rings. The maximum atomic E-state index is 11.5. The molecule has 0 unspecified atom stereocenters. The van der Waals surface area contributed by atoms with E-state index in [1.807, 2.05) is 43.5 Å². The van der Waals surface area contributed by atoms with E-state index in [0.717, 1.165) is 17.0 Å². The van der Waals surface area contributed by atoms with Gasteiger partial charge in [0.05, 0.1) is 11.8 Å². The molecule has 0 aliphatic heterocycles. The first kappa shape index (κ1) is 15.8. The first-order valence-corrected chi connectivity index (χ1v) is 8.08. The molecule has 1 N–H and O–H groups in total. The predicted octanol–water partition coefficient (Wildman–Crippen LogP) is 4.16. The molecule has 0 atom stereocenters. The summed E-state index contributed by atoms with van der Waals surface area (Å²) < 4.78 is 5.60. The van der Waals surface area contributed by atoms with E-state index in [1.165, 1.54) is 11.3 Å². The van der Waals surface area contributed by atoms with E-state index in [-0.39, 0.29) is 18.4 Å². The average Bonchev–Trinajstić information content (AvgIpc) is 2.87. The minimum absolute atomic E-state index is 0.119. The number of benzene rings is 1. The molecule has 1 heterocycles. The normalized spacial score (nSPS) is 10.7. The average molecular weight is 325 g/mol. The van der Waals surface area contributed by atoms with Gasteiger partial charge in [-0.2, -0.15) is 0 Å². The van der Waals surface area contributed by atoms with E-state index < -0.39 is 0 Å². The summed E-state index contributed by atoms with van der Waals surface area (Å²) in [5.74, 6) is 1.02. The van der Waals surface area contributed by atoms with Crippen LogP contribution < -0.4 is 10.1 Å². The lowest BCUT2D eigenvalue weighted by Crippen LogP contribution is -2.11. The number of ether oxygens (including phenoxy) is 1. The Kier molecular flexibility index (Phi) is 5.59. The summed E-state index contributed by atoms with van der Waals surface area (Å²) in [6, 6.07) is 7.75. The molecule has 0 aliphatic rings. The molecule has 0 saturated carbocycles. The molecule has 0 bridgehead atoms. The number of carbonyl (C=O) groups is 1. The van der Waals surface area contributed by atoms with Crippen molar-refractivity contribution in [1.29, 1.82) is 0 Å². The fourth-order valence-electron chi connectivity index (χ4n) is 1.71. The zero-order valence-corrected chi connectivity index (χ0v) is 13.5. The second-order valence-corrected chi connectivity index (χ2v) is 5.95. The molecule has 6 heteroatoms. The van der Waals surface area contributed by atoms with Crippen LogP contribution in [0.3, 0.4) is 0 Å². The van der Waals surface area contributed by atoms with Gasteiger partial charge in [0.1, 0.15) is 5.75 Å². The molecule has 2 aromatic rings. The quantitative estimate of drug-likeness (QED) is 0.811. The largest absolute Gasteiger partial charge is 0.491 e. The van der Waals surface area contributed by atoms with Crippen molar-refractivity contribution in [3.05, 3.63) is 29.6 Å². The summed E-state index contributed by atoms with van der Waals surface area (Å²) in [5.41, 5.74) is 1.82. The fourth-order valence-corrected chi connectivity index (χ4v) is 2.62. The third-order valence-electron chi connectivity index (χ3n) is 2.59. The highest BCUT2D eigenvalue weighted by atomic mass is 35.5. The first-order valence-electron chi connectivity index (χ1n) is 6.67. The minimum atomic E-state index is -0.119. The van der Waals surface area contributed by atoms with Crippen LogP contribution in [0.25, 0.3) is 11.3 Å². The van der Waals surface area contributed by atoms with Crippen molar-refractivity contribution in [3.63, 3.8) is 0 Å². The number of alkyl halides is 1. The van der Waals surface area contributed by atoms with Gasteiger partial charge in [-0.05, 0) is 38.1 Å². The number of nitrogens with zero attached hydrogens (tertiary/aromatic N) is 1. The third kappa shape index (κ3) is 4.72. The van der Waals surface area contributed by atoms with E-state index in [4.69, 9.17) is 16.3 Å². The lowest BCUT2D eigenvalue weighted by Gasteiger charge is -2.09. The minimum Gasteiger partial charge on any atom is -0.491 e. The number of hydrogen-bond acceptors (Lipinski definition) is 4. The Balaban J connectivity index is 2.05. The number of halogens is 1. The Morgan fingerprint density at radius 1 is 1.38 bits per heavy atom. The van der Waals surface area contributed by atoms with E-state index in [2.05, 4.69) is 10.3 Å². The van der Waals surface area contributed by atoms with Crippen molar-refractivity contribution < 1.29 is 9.53 Å². The number of rotatable bonds is 6. The summed E-state index contributed by atoms with van der Waals surface area (Å²) in [5, 5.41) is 5.23. The molecule has 1 aromatic heterocycles. The molecule has 0 saturated heterocycles. The lowest BCUT2D eigenvalue weighted by molar-refractivity contribution is -0.115. The van der Waals surface area contributed by atoms with Gasteiger partial charge in [-0.1, -0.05) is 0 Å². The summed E-state index contributed by atoms with van der Waals surface area (Å²) in [6.07, 6.45) is 0.441. The number of anilines is 1. The summed E-state index contributed by atoms with van der Waals surface area (Å²) >= 11 is 6.92. The highest BCUT2D eigenvalue weighted by Crippen LogP contribution is 2.26. The fraction of sp³-hybridized carbons (Fsp3) is 0.333. The van der Waals surface area contributed by atoms with Gasteiger partial charge in [-0.3, -0.25) is 4.79 Å². The van der Waals surface area contributed by atoms with E-state index in [9.17, 15) is 4.79 Å². The van der Waals surface area contributed by atoms with Crippen LogP contribution in [0.2, 0.25) is 0 Å². The highest BCUT2D eigenvalue weighted by molar-refractivity contribution is 7.14. The van der Waals surface area contributed by atoms with E-state index >= 15 is 0 Å². The molecule has 0 aliphatic carbocycles. The summed E-state index contributed by atoms with van der Waals surface area (Å²) in [4.78, 5) is 15.9. The van der Waals surface area contributed by atoms with Crippen molar-refractivity contribution in [2.24, 2.45) is 0 Å². The van der Waals surface area contributed by atoms with E-state index in [1.54, 1.807) is 0 Å². The van der Waals surface area contributed by atoms with Crippen LogP contribution >= 0.6 is 22.9 Å². The predicted molar refractivity (Wildman–Crippen MR) is 87.3 cm³/mol. The highest BCUT2D eigenvalue weighted by Gasteiger charge is 2.08. The van der Waals surface area contributed by atoms with Gasteiger partial charge in [-0.25, -0.2) is 4.98 Å². The molecule has 1 aromatic carbocycles. The molecule has 0 radical (unpaired) electrons. The number of carbonyl (C=O) groups excluding carboxylic acids is 1. The molecule has 4 nitrogen and oxygen atoms in total. The van der Waals surface area contributed by atoms with Gasteiger partial charge in [0.2, 0.25) is 5.91 Å². The topological polar surface area (TPSA) is 51.2 Å². The van der Waals surface area contributed by atoms with Crippen LogP contribution in [0, 0.1) is 0 Å². The second kappa shape index (κ2) is 7.43. The van der Waals surface area contributed by atoms with Crippen molar-refractivity contribution in [3.8, 4) is 17.0 Å². The Hall–Kier alpha value is -1.59. The zero-order valence-electron chi connectivity index (χ0n) is 11.9. The Morgan fingerprint density at radius 3 is 2.71 bits per heavy atom. The number of thiazole rings is 1. The molecule has 21 heavy (non-hydrogen) atoms. The van der Waals surface area contributed by atoms with Crippen molar-refractivity contribution in [2.45, 2.75) is 26.4 Å². The zero-order chi connectivity index (χ0) is 15.2. The molecular formula is C15H17ClN2O2S. The van der Waals surface area contributed by atoms with Crippen molar-refractivity contribution in [1.82, 2.24) is 4.98 Å². The summed E-state index contributed by atoms with van der Waals surface area (Å²) in [6.45, 7) is 3.98.